The van der Waals surface area contributed by atoms with Crippen molar-refractivity contribution < 1.29 is 13.2 Å². The van der Waals surface area contributed by atoms with Gasteiger partial charge >= 0.3 is 6.18 Å². The van der Waals surface area contributed by atoms with Crippen LogP contribution in [0.5, 0.6) is 0 Å². The lowest BCUT2D eigenvalue weighted by Crippen LogP contribution is -2.34. The Balaban J connectivity index is 2.81. The summed E-state index contributed by atoms with van der Waals surface area (Å²) < 4.78 is 37.7. The summed E-state index contributed by atoms with van der Waals surface area (Å²) in [6, 6.07) is 1.29. The summed E-state index contributed by atoms with van der Waals surface area (Å²) in [5.74, 6) is -1.36. The predicted octanol–water partition coefficient (Wildman–Crippen LogP) is 2.08. The molecule has 1 aromatic rings. The molecule has 0 atom stereocenters. The standard InChI is InChI=1S/C12H20F3N5/c1-11(2,7-20(3)4)6-17-9-5-8(16)18-10(19-9)12(13,14)15/h5H,6-7H2,1-4H3,(H3,16,17,18,19). The molecule has 1 rings (SSSR count). The maximum absolute atomic E-state index is 12.6. The van der Waals surface area contributed by atoms with Gasteiger partial charge in [0.2, 0.25) is 5.82 Å². The number of nitrogens with two attached hydrogens (primary N) is 1. The summed E-state index contributed by atoms with van der Waals surface area (Å²) >= 11 is 0. The molecular formula is C12H20F3N5. The molecule has 20 heavy (non-hydrogen) atoms. The highest BCUT2D eigenvalue weighted by Gasteiger charge is 2.35. The predicted molar refractivity (Wildman–Crippen MR) is 72.3 cm³/mol. The Bertz CT molecular complexity index is 457. The molecule has 0 spiro atoms. The van der Waals surface area contributed by atoms with Gasteiger partial charge in [0.25, 0.3) is 0 Å². The topological polar surface area (TPSA) is 67.1 Å². The molecule has 5 nitrogen and oxygen atoms in total. The van der Waals surface area contributed by atoms with Gasteiger partial charge in [-0.1, -0.05) is 13.8 Å². The second-order valence-electron chi connectivity index (χ2n) is 5.75. The lowest BCUT2D eigenvalue weighted by molar-refractivity contribution is -0.144. The number of nitrogens with one attached hydrogen (secondary N) is 1. The molecule has 0 fully saturated rings. The van der Waals surface area contributed by atoms with E-state index in [9.17, 15) is 13.2 Å². The van der Waals surface area contributed by atoms with Crippen molar-refractivity contribution in [2.45, 2.75) is 20.0 Å². The van der Waals surface area contributed by atoms with Crippen molar-refractivity contribution in [1.29, 1.82) is 0 Å². The number of alkyl halides is 3. The first-order chi connectivity index (χ1) is 8.99. The lowest BCUT2D eigenvalue weighted by Gasteiger charge is -2.28. The molecule has 0 amide bonds. The van der Waals surface area contributed by atoms with Crippen LogP contribution >= 0.6 is 0 Å². The van der Waals surface area contributed by atoms with Crippen LogP contribution in [0.2, 0.25) is 0 Å². The minimum atomic E-state index is -4.61. The number of hydrogen-bond donors (Lipinski definition) is 2. The average Bonchev–Trinajstić information content (AvgIpc) is 2.23. The zero-order valence-corrected chi connectivity index (χ0v) is 12.0. The molecule has 8 heteroatoms. The number of rotatable bonds is 5. The van der Waals surface area contributed by atoms with Gasteiger partial charge in [0.05, 0.1) is 0 Å². The summed E-state index contributed by atoms with van der Waals surface area (Å²) in [5.41, 5.74) is 5.25. The van der Waals surface area contributed by atoms with E-state index in [-0.39, 0.29) is 17.1 Å². The summed E-state index contributed by atoms with van der Waals surface area (Å²) in [6.07, 6.45) is -4.61. The molecule has 1 heterocycles. The molecule has 0 aliphatic carbocycles. The second kappa shape index (κ2) is 5.82. The molecule has 0 saturated heterocycles. The van der Waals surface area contributed by atoms with E-state index < -0.39 is 12.0 Å². The third kappa shape index (κ3) is 5.20. The summed E-state index contributed by atoms with van der Waals surface area (Å²) in [7, 11) is 3.87. The Labute approximate surface area is 116 Å². The normalized spacial score (nSPS) is 12.8. The number of anilines is 2. The van der Waals surface area contributed by atoms with E-state index in [1.807, 2.05) is 32.8 Å². The first kappa shape index (κ1) is 16.5. The van der Waals surface area contributed by atoms with Gasteiger partial charge in [0, 0.05) is 19.2 Å². The largest absolute Gasteiger partial charge is 0.451 e. The fraction of sp³-hybridized carbons (Fsp3) is 0.667. The molecule has 0 aliphatic rings. The third-order valence-corrected chi connectivity index (χ3v) is 2.49. The highest BCUT2D eigenvalue weighted by molar-refractivity contribution is 5.45. The van der Waals surface area contributed by atoms with E-state index in [0.717, 1.165) is 6.54 Å². The highest BCUT2D eigenvalue weighted by Crippen LogP contribution is 2.28. The number of halogens is 3. The van der Waals surface area contributed by atoms with E-state index in [1.54, 1.807) is 0 Å². The fourth-order valence-electron chi connectivity index (χ4n) is 1.93. The Morgan fingerprint density at radius 3 is 2.35 bits per heavy atom. The molecule has 0 unspecified atom stereocenters. The fourth-order valence-corrected chi connectivity index (χ4v) is 1.93. The van der Waals surface area contributed by atoms with Crippen LogP contribution < -0.4 is 11.1 Å². The zero-order chi connectivity index (χ0) is 15.6. The first-order valence-corrected chi connectivity index (χ1v) is 6.10. The monoisotopic (exact) mass is 291 g/mol. The summed E-state index contributed by atoms with van der Waals surface area (Å²) in [4.78, 5) is 8.65. The van der Waals surface area contributed by atoms with Crippen molar-refractivity contribution in [2.75, 3.05) is 38.2 Å². The van der Waals surface area contributed by atoms with Crippen LogP contribution in [0, 0.1) is 5.41 Å². The van der Waals surface area contributed by atoms with Crippen LogP contribution in [0.3, 0.4) is 0 Å². The van der Waals surface area contributed by atoms with E-state index in [4.69, 9.17) is 5.73 Å². The van der Waals surface area contributed by atoms with E-state index >= 15 is 0 Å². The van der Waals surface area contributed by atoms with Crippen molar-refractivity contribution in [3.8, 4) is 0 Å². The number of hydrogen-bond acceptors (Lipinski definition) is 5. The molecule has 114 valence electrons. The molecule has 1 aromatic heterocycles. The number of aromatic nitrogens is 2. The molecular weight excluding hydrogens is 271 g/mol. The van der Waals surface area contributed by atoms with Crippen molar-refractivity contribution in [3.63, 3.8) is 0 Å². The molecule has 0 bridgehead atoms. The van der Waals surface area contributed by atoms with Crippen LogP contribution in [0.25, 0.3) is 0 Å². The Hall–Kier alpha value is -1.57. The van der Waals surface area contributed by atoms with Crippen molar-refractivity contribution >= 4 is 11.6 Å². The Morgan fingerprint density at radius 2 is 1.85 bits per heavy atom. The summed E-state index contributed by atoms with van der Waals surface area (Å²) in [5, 5.41) is 2.89. The van der Waals surface area contributed by atoms with Crippen LogP contribution in [0.4, 0.5) is 24.8 Å². The van der Waals surface area contributed by atoms with Gasteiger partial charge < -0.3 is 16.0 Å². The molecule has 0 aliphatic heterocycles. The van der Waals surface area contributed by atoms with Crippen LogP contribution in [0.1, 0.15) is 19.7 Å². The van der Waals surface area contributed by atoms with Gasteiger partial charge in [-0.25, -0.2) is 9.97 Å². The van der Waals surface area contributed by atoms with Crippen molar-refractivity contribution in [2.24, 2.45) is 5.41 Å². The molecule has 3 N–H and O–H groups in total. The molecule has 0 radical (unpaired) electrons. The average molecular weight is 291 g/mol. The maximum Gasteiger partial charge on any atom is 0.451 e. The number of nitrogen functional groups attached to an aromatic ring is 1. The van der Waals surface area contributed by atoms with E-state index in [2.05, 4.69) is 15.3 Å². The van der Waals surface area contributed by atoms with Gasteiger partial charge in [-0.15, -0.1) is 0 Å². The summed E-state index contributed by atoms with van der Waals surface area (Å²) in [6.45, 7) is 5.27. The smallest absolute Gasteiger partial charge is 0.384 e. The SMILES string of the molecule is CN(C)CC(C)(C)CNc1cc(N)nc(C(F)(F)F)n1. The number of nitrogens with zero attached hydrogens (tertiary/aromatic N) is 3. The first-order valence-electron chi connectivity index (χ1n) is 6.10. The zero-order valence-electron chi connectivity index (χ0n) is 12.0. The second-order valence-corrected chi connectivity index (χ2v) is 5.75. The van der Waals surface area contributed by atoms with Gasteiger partial charge in [-0.2, -0.15) is 13.2 Å². The minimum Gasteiger partial charge on any atom is -0.384 e. The van der Waals surface area contributed by atoms with Gasteiger partial charge in [0.15, 0.2) is 0 Å². The van der Waals surface area contributed by atoms with Gasteiger partial charge in [-0.05, 0) is 19.5 Å². The van der Waals surface area contributed by atoms with E-state index in [0.29, 0.717) is 6.54 Å². The van der Waals surface area contributed by atoms with Crippen LogP contribution in [-0.2, 0) is 6.18 Å². The van der Waals surface area contributed by atoms with Gasteiger partial charge in [-0.3, -0.25) is 0 Å². The van der Waals surface area contributed by atoms with Gasteiger partial charge in [0.1, 0.15) is 11.6 Å². The minimum absolute atomic E-state index is 0.0802. The van der Waals surface area contributed by atoms with Crippen molar-refractivity contribution in [1.82, 2.24) is 14.9 Å². The third-order valence-electron chi connectivity index (χ3n) is 2.49. The highest BCUT2D eigenvalue weighted by atomic mass is 19.4. The lowest BCUT2D eigenvalue weighted by atomic mass is 9.93. The van der Waals surface area contributed by atoms with Crippen LogP contribution in [0.15, 0.2) is 6.07 Å². The Morgan fingerprint density at radius 1 is 1.25 bits per heavy atom. The maximum atomic E-state index is 12.6. The quantitative estimate of drug-likeness (QED) is 0.869. The van der Waals surface area contributed by atoms with E-state index in [1.165, 1.54) is 6.07 Å². The van der Waals surface area contributed by atoms with Crippen molar-refractivity contribution in [3.05, 3.63) is 11.9 Å². The van der Waals surface area contributed by atoms with Crippen LogP contribution in [-0.4, -0.2) is 42.1 Å². The Kier molecular flexibility index (Phi) is 4.80. The molecule has 0 saturated carbocycles. The molecule has 0 aromatic carbocycles.